The monoisotopic (exact) mass is 247 g/mol. The summed E-state index contributed by atoms with van der Waals surface area (Å²) < 4.78 is 5.81. The van der Waals surface area contributed by atoms with E-state index in [1.54, 1.807) is 0 Å². The minimum Gasteiger partial charge on any atom is -0.374 e. The lowest BCUT2D eigenvalue weighted by atomic mass is 9.77. The van der Waals surface area contributed by atoms with Crippen molar-refractivity contribution in [1.82, 2.24) is 0 Å². The maximum Gasteiger partial charge on any atom is 0.0666 e. The third-order valence-corrected chi connectivity index (χ3v) is 3.64. The van der Waals surface area contributed by atoms with Gasteiger partial charge in [-0.1, -0.05) is 30.7 Å². The van der Waals surface area contributed by atoms with E-state index in [0.717, 1.165) is 5.92 Å². The maximum absolute atomic E-state index is 6.29. The van der Waals surface area contributed by atoms with E-state index in [0.29, 0.717) is 6.61 Å². The minimum absolute atomic E-state index is 0.0129. The van der Waals surface area contributed by atoms with Crippen LogP contribution in [0.5, 0.6) is 0 Å². The normalized spacial score (nSPS) is 18.4. The van der Waals surface area contributed by atoms with Crippen molar-refractivity contribution in [3.63, 3.8) is 0 Å². The van der Waals surface area contributed by atoms with Gasteiger partial charge in [0.15, 0.2) is 0 Å². The molecule has 18 heavy (non-hydrogen) atoms. The van der Waals surface area contributed by atoms with Gasteiger partial charge in [-0.3, -0.25) is 0 Å². The van der Waals surface area contributed by atoms with Crippen LogP contribution in [0.25, 0.3) is 0 Å². The molecule has 0 amide bonds. The summed E-state index contributed by atoms with van der Waals surface area (Å²) in [4.78, 5) is 0. The largest absolute Gasteiger partial charge is 0.374 e. The van der Waals surface area contributed by atoms with E-state index in [9.17, 15) is 0 Å². The molecule has 2 heteroatoms. The lowest BCUT2D eigenvalue weighted by Gasteiger charge is -2.30. The van der Waals surface area contributed by atoms with Crippen LogP contribution in [0.15, 0.2) is 24.3 Å². The van der Waals surface area contributed by atoms with E-state index in [-0.39, 0.29) is 11.6 Å². The molecule has 0 aromatic heterocycles. The predicted molar refractivity (Wildman–Crippen MR) is 75.7 cm³/mol. The number of rotatable bonds is 4. The van der Waals surface area contributed by atoms with Crippen LogP contribution in [0.2, 0.25) is 0 Å². The Morgan fingerprint density at radius 2 is 1.94 bits per heavy atom. The Balaban J connectivity index is 2.07. The Kier molecular flexibility index (Phi) is 4.08. The Bertz CT molecular complexity index is 390. The molecular weight excluding hydrogens is 222 g/mol. The first kappa shape index (κ1) is 13.6. The van der Waals surface area contributed by atoms with Crippen LogP contribution in [-0.2, 0) is 4.74 Å². The van der Waals surface area contributed by atoms with Crippen LogP contribution in [0, 0.1) is 0 Å². The van der Waals surface area contributed by atoms with Crippen LogP contribution >= 0.6 is 0 Å². The molecule has 0 saturated heterocycles. The summed E-state index contributed by atoms with van der Waals surface area (Å²) in [5, 5.41) is 0. The van der Waals surface area contributed by atoms with E-state index in [1.807, 2.05) is 0 Å². The number of hydrogen-bond acceptors (Lipinski definition) is 2. The molecule has 2 rings (SSSR count). The summed E-state index contributed by atoms with van der Waals surface area (Å²) in [5.41, 5.74) is 8.88. The highest BCUT2D eigenvalue weighted by molar-refractivity contribution is 5.34. The summed E-state index contributed by atoms with van der Waals surface area (Å²) in [6.07, 6.45) is 3.97. The summed E-state index contributed by atoms with van der Waals surface area (Å²) in [6, 6.07) is 8.57. The zero-order chi connectivity index (χ0) is 13.2. The second-order valence-electron chi connectivity index (χ2n) is 6.29. The molecule has 1 saturated carbocycles. The molecule has 0 aliphatic heterocycles. The van der Waals surface area contributed by atoms with Crippen LogP contribution in [0.3, 0.4) is 0 Å². The average Bonchev–Trinajstić information content (AvgIpc) is 2.23. The molecule has 0 bridgehead atoms. The van der Waals surface area contributed by atoms with Gasteiger partial charge in [0.05, 0.1) is 18.2 Å². The Morgan fingerprint density at radius 1 is 1.28 bits per heavy atom. The second kappa shape index (κ2) is 5.41. The third kappa shape index (κ3) is 3.33. The Morgan fingerprint density at radius 3 is 2.50 bits per heavy atom. The molecule has 1 unspecified atom stereocenters. The lowest BCUT2D eigenvalue weighted by Crippen LogP contribution is -2.27. The summed E-state index contributed by atoms with van der Waals surface area (Å²) in [7, 11) is 0. The smallest absolute Gasteiger partial charge is 0.0666 e. The molecule has 1 aromatic rings. The van der Waals surface area contributed by atoms with Gasteiger partial charge in [-0.2, -0.15) is 0 Å². The van der Waals surface area contributed by atoms with Crippen molar-refractivity contribution in [2.24, 2.45) is 5.73 Å². The van der Waals surface area contributed by atoms with Crippen molar-refractivity contribution in [3.8, 4) is 0 Å². The fraction of sp³-hybridized carbons (Fsp3) is 0.625. The summed E-state index contributed by atoms with van der Waals surface area (Å²) in [6.45, 7) is 6.79. The van der Waals surface area contributed by atoms with E-state index < -0.39 is 0 Å². The number of hydrogen-bond donors (Lipinski definition) is 1. The third-order valence-electron chi connectivity index (χ3n) is 3.64. The van der Waals surface area contributed by atoms with Crippen molar-refractivity contribution >= 4 is 0 Å². The highest BCUT2D eigenvalue weighted by atomic mass is 16.5. The predicted octanol–water partition coefficient (Wildman–Crippen LogP) is 3.77. The minimum atomic E-state index is -0.122. The molecule has 1 aliphatic carbocycles. The van der Waals surface area contributed by atoms with Crippen LogP contribution in [0.1, 0.15) is 63.1 Å². The summed E-state index contributed by atoms with van der Waals surface area (Å²) >= 11 is 0. The number of nitrogens with two attached hydrogens (primary N) is 1. The van der Waals surface area contributed by atoms with Gasteiger partial charge < -0.3 is 10.5 Å². The molecule has 2 N–H and O–H groups in total. The van der Waals surface area contributed by atoms with Gasteiger partial charge in [0, 0.05) is 0 Å². The molecular formula is C16H25NO. The van der Waals surface area contributed by atoms with Crippen molar-refractivity contribution in [2.45, 2.75) is 57.6 Å². The molecule has 100 valence electrons. The van der Waals surface area contributed by atoms with Gasteiger partial charge in [0.25, 0.3) is 0 Å². The van der Waals surface area contributed by atoms with E-state index in [2.05, 4.69) is 45.0 Å². The van der Waals surface area contributed by atoms with Crippen LogP contribution < -0.4 is 5.73 Å². The molecule has 1 fully saturated rings. The first-order chi connectivity index (χ1) is 8.47. The zero-order valence-corrected chi connectivity index (χ0v) is 11.8. The maximum atomic E-state index is 6.29. The number of ether oxygens (including phenoxy) is 1. The molecule has 0 spiro atoms. The lowest BCUT2D eigenvalue weighted by molar-refractivity contribution is -0.0103. The van der Waals surface area contributed by atoms with Gasteiger partial charge in [0.2, 0.25) is 0 Å². The Labute approximate surface area is 111 Å². The van der Waals surface area contributed by atoms with E-state index in [4.69, 9.17) is 10.5 Å². The van der Waals surface area contributed by atoms with Crippen LogP contribution in [0.4, 0.5) is 0 Å². The topological polar surface area (TPSA) is 35.2 Å². The fourth-order valence-corrected chi connectivity index (χ4v) is 2.37. The first-order valence-corrected chi connectivity index (χ1v) is 6.96. The fourth-order valence-electron chi connectivity index (χ4n) is 2.37. The quantitative estimate of drug-likeness (QED) is 0.879. The summed E-state index contributed by atoms with van der Waals surface area (Å²) in [5.74, 6) is 0.724. The number of benzene rings is 1. The standard InChI is InChI=1S/C16H25NO/c1-16(2,3)18-11-15(17)14-10-5-4-9-13(14)12-7-6-8-12/h4-5,9-10,12,15H,6-8,11,17H2,1-3H3. The molecule has 0 heterocycles. The molecule has 1 aliphatic rings. The highest BCUT2D eigenvalue weighted by Gasteiger charge is 2.24. The van der Waals surface area contributed by atoms with Crippen molar-refractivity contribution in [3.05, 3.63) is 35.4 Å². The van der Waals surface area contributed by atoms with Crippen molar-refractivity contribution in [2.75, 3.05) is 6.61 Å². The second-order valence-corrected chi connectivity index (χ2v) is 6.29. The highest BCUT2D eigenvalue weighted by Crippen LogP contribution is 2.39. The van der Waals surface area contributed by atoms with Gasteiger partial charge in [-0.15, -0.1) is 0 Å². The molecule has 1 aromatic carbocycles. The molecule has 2 nitrogen and oxygen atoms in total. The van der Waals surface area contributed by atoms with E-state index >= 15 is 0 Å². The van der Waals surface area contributed by atoms with Crippen molar-refractivity contribution < 1.29 is 4.74 Å². The van der Waals surface area contributed by atoms with Crippen molar-refractivity contribution in [1.29, 1.82) is 0 Å². The average molecular weight is 247 g/mol. The zero-order valence-electron chi connectivity index (χ0n) is 11.8. The Hall–Kier alpha value is -0.860. The van der Waals surface area contributed by atoms with Gasteiger partial charge in [-0.25, -0.2) is 0 Å². The van der Waals surface area contributed by atoms with Gasteiger partial charge >= 0.3 is 0 Å². The SMILES string of the molecule is CC(C)(C)OCC(N)c1ccccc1C1CCC1. The van der Waals surface area contributed by atoms with Gasteiger partial charge in [0.1, 0.15) is 0 Å². The molecule has 1 atom stereocenters. The van der Waals surface area contributed by atoms with E-state index in [1.165, 1.54) is 30.4 Å². The molecule has 0 radical (unpaired) electrons. The first-order valence-electron chi connectivity index (χ1n) is 6.96. The van der Waals surface area contributed by atoms with Crippen LogP contribution in [-0.4, -0.2) is 12.2 Å². The van der Waals surface area contributed by atoms with Gasteiger partial charge in [-0.05, 0) is 50.7 Å².